The normalized spacial score (nSPS) is 18.8. The zero-order chi connectivity index (χ0) is 13.6. The summed E-state index contributed by atoms with van der Waals surface area (Å²) in [5.74, 6) is -0.729. The van der Waals surface area contributed by atoms with Gasteiger partial charge in [0, 0.05) is 13.1 Å². The Morgan fingerprint density at radius 1 is 1.39 bits per heavy atom. The molecule has 1 rings (SSSR count). The second kappa shape index (κ2) is 7.06. The standard InChI is InChI=1S/C11H22N2O4S/c1-2-17-11(14)9-18(15,16)13-7-4-10(3-6-12)5-8-13/h10H,2-9,12H2,1H3. The van der Waals surface area contributed by atoms with E-state index >= 15 is 0 Å². The van der Waals surface area contributed by atoms with Gasteiger partial charge in [0.05, 0.1) is 6.61 Å². The maximum Gasteiger partial charge on any atom is 0.322 e. The van der Waals surface area contributed by atoms with Crippen LogP contribution in [0.4, 0.5) is 0 Å². The van der Waals surface area contributed by atoms with Crippen molar-refractivity contribution in [3.63, 3.8) is 0 Å². The number of nitrogens with two attached hydrogens (primary N) is 1. The molecule has 0 spiro atoms. The van der Waals surface area contributed by atoms with Gasteiger partial charge in [0.1, 0.15) is 0 Å². The van der Waals surface area contributed by atoms with E-state index in [0.717, 1.165) is 19.3 Å². The second-order valence-corrected chi connectivity index (χ2v) is 6.45. The molecular weight excluding hydrogens is 256 g/mol. The van der Waals surface area contributed by atoms with Gasteiger partial charge in [-0.15, -0.1) is 0 Å². The average molecular weight is 278 g/mol. The number of ether oxygens (including phenoxy) is 1. The van der Waals surface area contributed by atoms with Gasteiger partial charge in [-0.3, -0.25) is 4.79 Å². The molecule has 1 aliphatic rings. The molecule has 1 fully saturated rings. The molecule has 7 heteroatoms. The van der Waals surface area contributed by atoms with E-state index in [2.05, 4.69) is 4.74 Å². The Morgan fingerprint density at radius 3 is 2.50 bits per heavy atom. The fraction of sp³-hybridized carbons (Fsp3) is 0.909. The molecule has 106 valence electrons. The van der Waals surface area contributed by atoms with Crippen LogP contribution in [0.3, 0.4) is 0 Å². The molecule has 0 aromatic carbocycles. The van der Waals surface area contributed by atoms with Gasteiger partial charge < -0.3 is 10.5 Å². The van der Waals surface area contributed by atoms with Gasteiger partial charge in [0.15, 0.2) is 5.75 Å². The first-order valence-corrected chi connectivity index (χ1v) is 7.94. The Morgan fingerprint density at radius 2 is 2.00 bits per heavy atom. The summed E-state index contributed by atoms with van der Waals surface area (Å²) in [6.07, 6.45) is 2.57. The molecule has 0 unspecified atom stereocenters. The summed E-state index contributed by atoms with van der Waals surface area (Å²) in [5.41, 5.74) is 5.49. The van der Waals surface area contributed by atoms with Gasteiger partial charge in [-0.1, -0.05) is 0 Å². The number of hydrogen-bond donors (Lipinski definition) is 1. The number of piperidine rings is 1. The van der Waals surface area contributed by atoms with Crippen molar-refractivity contribution in [2.75, 3.05) is 32.0 Å². The van der Waals surface area contributed by atoms with Crippen molar-refractivity contribution in [3.05, 3.63) is 0 Å². The van der Waals surface area contributed by atoms with Gasteiger partial charge in [-0.25, -0.2) is 12.7 Å². The van der Waals surface area contributed by atoms with E-state index in [4.69, 9.17) is 5.73 Å². The molecule has 1 saturated heterocycles. The molecule has 0 aromatic rings. The Labute approximate surface area is 109 Å². The number of esters is 1. The molecule has 0 aliphatic carbocycles. The summed E-state index contributed by atoms with van der Waals surface area (Å²) in [4.78, 5) is 11.2. The van der Waals surface area contributed by atoms with Crippen LogP contribution in [-0.2, 0) is 19.6 Å². The van der Waals surface area contributed by atoms with Crippen molar-refractivity contribution >= 4 is 16.0 Å². The lowest BCUT2D eigenvalue weighted by atomic mass is 9.95. The molecule has 0 radical (unpaired) electrons. The first-order chi connectivity index (χ1) is 8.49. The minimum atomic E-state index is -3.52. The van der Waals surface area contributed by atoms with Crippen molar-refractivity contribution in [1.29, 1.82) is 0 Å². The maximum atomic E-state index is 11.9. The van der Waals surface area contributed by atoms with Gasteiger partial charge >= 0.3 is 5.97 Å². The molecule has 0 saturated carbocycles. The minimum Gasteiger partial charge on any atom is -0.465 e. The largest absolute Gasteiger partial charge is 0.465 e. The van der Waals surface area contributed by atoms with Gasteiger partial charge in [-0.05, 0) is 38.6 Å². The SMILES string of the molecule is CCOC(=O)CS(=O)(=O)N1CCC(CCN)CC1. The van der Waals surface area contributed by atoms with E-state index in [-0.39, 0.29) is 6.61 Å². The molecule has 0 aromatic heterocycles. The first-order valence-electron chi connectivity index (χ1n) is 6.33. The van der Waals surface area contributed by atoms with Crippen LogP contribution in [0.25, 0.3) is 0 Å². The quantitative estimate of drug-likeness (QED) is 0.687. The highest BCUT2D eigenvalue weighted by Crippen LogP contribution is 2.22. The molecule has 1 aliphatic heterocycles. The van der Waals surface area contributed by atoms with Crippen LogP contribution >= 0.6 is 0 Å². The lowest BCUT2D eigenvalue weighted by molar-refractivity contribution is -0.140. The van der Waals surface area contributed by atoms with Crippen molar-refractivity contribution < 1.29 is 17.9 Å². The Kier molecular flexibility index (Phi) is 6.04. The summed E-state index contributed by atoms with van der Waals surface area (Å²) in [6, 6.07) is 0. The fourth-order valence-corrected chi connectivity index (χ4v) is 3.49. The number of rotatable bonds is 6. The predicted molar refractivity (Wildman–Crippen MR) is 68.4 cm³/mol. The number of carbonyl (C=O) groups excluding carboxylic acids is 1. The number of hydrogen-bond acceptors (Lipinski definition) is 5. The Balaban J connectivity index is 2.47. The summed E-state index contributed by atoms with van der Waals surface area (Å²) in [7, 11) is -3.52. The second-order valence-electron chi connectivity index (χ2n) is 4.48. The average Bonchev–Trinajstić information content (AvgIpc) is 2.29. The summed E-state index contributed by atoms with van der Waals surface area (Å²) >= 11 is 0. The molecular formula is C11H22N2O4S. The van der Waals surface area contributed by atoms with Crippen LogP contribution in [-0.4, -0.2) is 50.7 Å². The Bertz CT molecular complexity index is 361. The first kappa shape index (κ1) is 15.4. The topological polar surface area (TPSA) is 89.7 Å². The summed E-state index contributed by atoms with van der Waals surface area (Å²) < 4.78 is 29.9. The maximum absolute atomic E-state index is 11.9. The highest BCUT2D eigenvalue weighted by Gasteiger charge is 2.29. The van der Waals surface area contributed by atoms with Crippen LogP contribution in [0.5, 0.6) is 0 Å². The third kappa shape index (κ3) is 4.55. The van der Waals surface area contributed by atoms with E-state index in [1.54, 1.807) is 6.92 Å². The van der Waals surface area contributed by atoms with Crippen molar-refractivity contribution in [2.24, 2.45) is 11.7 Å². The summed E-state index contributed by atoms with van der Waals surface area (Å²) in [5, 5.41) is 0. The van der Waals surface area contributed by atoms with E-state index in [0.29, 0.717) is 25.6 Å². The van der Waals surface area contributed by atoms with E-state index in [1.807, 2.05) is 0 Å². The molecule has 1 heterocycles. The zero-order valence-electron chi connectivity index (χ0n) is 10.8. The van der Waals surface area contributed by atoms with Crippen molar-refractivity contribution in [3.8, 4) is 0 Å². The van der Waals surface area contributed by atoms with Crippen LogP contribution in [0.15, 0.2) is 0 Å². The van der Waals surface area contributed by atoms with Crippen LogP contribution in [0.1, 0.15) is 26.2 Å². The number of carbonyl (C=O) groups is 1. The molecule has 0 bridgehead atoms. The van der Waals surface area contributed by atoms with Crippen LogP contribution in [0.2, 0.25) is 0 Å². The third-order valence-corrected chi connectivity index (χ3v) is 4.90. The Hall–Kier alpha value is -0.660. The summed E-state index contributed by atoms with van der Waals surface area (Å²) in [6.45, 7) is 3.45. The lowest BCUT2D eigenvalue weighted by Gasteiger charge is -2.30. The van der Waals surface area contributed by atoms with E-state index in [9.17, 15) is 13.2 Å². The molecule has 18 heavy (non-hydrogen) atoms. The smallest absolute Gasteiger partial charge is 0.322 e. The molecule has 2 N–H and O–H groups in total. The highest BCUT2D eigenvalue weighted by molar-refractivity contribution is 7.89. The molecule has 0 amide bonds. The van der Waals surface area contributed by atoms with E-state index in [1.165, 1.54) is 4.31 Å². The molecule has 6 nitrogen and oxygen atoms in total. The van der Waals surface area contributed by atoms with Gasteiger partial charge in [-0.2, -0.15) is 0 Å². The fourth-order valence-electron chi connectivity index (χ4n) is 2.15. The zero-order valence-corrected chi connectivity index (χ0v) is 11.6. The highest BCUT2D eigenvalue weighted by atomic mass is 32.2. The van der Waals surface area contributed by atoms with Gasteiger partial charge in [0.2, 0.25) is 10.0 Å². The van der Waals surface area contributed by atoms with Crippen LogP contribution < -0.4 is 5.73 Å². The lowest BCUT2D eigenvalue weighted by Crippen LogP contribution is -2.41. The van der Waals surface area contributed by atoms with Crippen molar-refractivity contribution in [2.45, 2.75) is 26.2 Å². The van der Waals surface area contributed by atoms with Crippen LogP contribution in [0, 0.1) is 5.92 Å². The van der Waals surface area contributed by atoms with E-state index < -0.39 is 21.7 Å². The minimum absolute atomic E-state index is 0.201. The third-order valence-electron chi connectivity index (χ3n) is 3.15. The molecule has 0 atom stereocenters. The number of nitrogens with zero attached hydrogens (tertiary/aromatic N) is 1. The van der Waals surface area contributed by atoms with Crippen molar-refractivity contribution in [1.82, 2.24) is 4.31 Å². The van der Waals surface area contributed by atoms with Gasteiger partial charge in [0.25, 0.3) is 0 Å². The monoisotopic (exact) mass is 278 g/mol. The number of sulfonamides is 1. The predicted octanol–water partition coefficient (Wildman–Crippen LogP) is -0.0599.